The minimum Gasteiger partial charge on any atom is -0.379 e. The SMILES string of the molecule is Cc1noc(C)c1CN(C)C(=O)C(NC(=O)c1cccc(S(=O)(=O)N2CCOCC2)c1)C(C)C. The number of rotatable bonds is 8. The summed E-state index contributed by atoms with van der Waals surface area (Å²) >= 11 is 0. The van der Waals surface area contributed by atoms with E-state index in [1.165, 1.54) is 33.5 Å². The summed E-state index contributed by atoms with van der Waals surface area (Å²) in [6.07, 6.45) is 0. The van der Waals surface area contributed by atoms with Gasteiger partial charge in [-0.25, -0.2) is 8.42 Å². The first-order valence-electron chi connectivity index (χ1n) is 11.2. The average molecular weight is 493 g/mol. The molecule has 2 heterocycles. The van der Waals surface area contributed by atoms with Gasteiger partial charge in [-0.15, -0.1) is 0 Å². The average Bonchev–Trinajstić information content (AvgIpc) is 3.14. The predicted molar refractivity (Wildman–Crippen MR) is 125 cm³/mol. The van der Waals surface area contributed by atoms with Gasteiger partial charge in [0, 0.05) is 31.3 Å². The van der Waals surface area contributed by atoms with Crippen LogP contribution >= 0.6 is 0 Å². The zero-order chi connectivity index (χ0) is 25.0. The largest absolute Gasteiger partial charge is 0.379 e. The van der Waals surface area contributed by atoms with Crippen LogP contribution in [0.15, 0.2) is 33.7 Å². The number of carbonyl (C=O) groups is 2. The summed E-state index contributed by atoms with van der Waals surface area (Å²) in [5.74, 6) is -0.332. The lowest BCUT2D eigenvalue weighted by molar-refractivity contribution is -0.133. The van der Waals surface area contributed by atoms with Crippen LogP contribution in [0.25, 0.3) is 0 Å². The Bertz CT molecular complexity index is 1120. The van der Waals surface area contributed by atoms with Gasteiger partial charge in [-0.05, 0) is 38.0 Å². The highest BCUT2D eigenvalue weighted by Crippen LogP contribution is 2.19. The van der Waals surface area contributed by atoms with Crippen LogP contribution < -0.4 is 5.32 Å². The second-order valence-electron chi connectivity index (χ2n) is 8.74. The smallest absolute Gasteiger partial charge is 0.251 e. The molecule has 34 heavy (non-hydrogen) atoms. The van der Waals surface area contributed by atoms with E-state index in [-0.39, 0.29) is 35.4 Å². The van der Waals surface area contributed by atoms with Crippen molar-refractivity contribution in [2.24, 2.45) is 5.92 Å². The van der Waals surface area contributed by atoms with Crippen LogP contribution in [0.1, 0.15) is 41.2 Å². The Labute approximate surface area is 200 Å². The third kappa shape index (κ3) is 5.65. The molecule has 1 aliphatic rings. The molecule has 1 aromatic heterocycles. The van der Waals surface area contributed by atoms with Gasteiger partial charge in [0.2, 0.25) is 15.9 Å². The Morgan fingerprint density at radius 3 is 2.47 bits per heavy atom. The predicted octanol–water partition coefficient (Wildman–Crippen LogP) is 1.73. The fourth-order valence-corrected chi connectivity index (χ4v) is 5.21. The van der Waals surface area contributed by atoms with Crippen LogP contribution in [-0.4, -0.2) is 74.0 Å². The Morgan fingerprint density at radius 2 is 1.88 bits per heavy atom. The first-order valence-corrected chi connectivity index (χ1v) is 12.6. The molecule has 0 aliphatic carbocycles. The summed E-state index contributed by atoms with van der Waals surface area (Å²) in [6, 6.07) is 5.07. The number of benzene rings is 1. The van der Waals surface area contributed by atoms with Gasteiger partial charge in [-0.3, -0.25) is 9.59 Å². The van der Waals surface area contributed by atoms with E-state index in [2.05, 4.69) is 10.5 Å². The van der Waals surface area contributed by atoms with Crippen molar-refractivity contribution in [3.05, 3.63) is 46.8 Å². The van der Waals surface area contributed by atoms with Crippen molar-refractivity contribution in [2.45, 2.75) is 45.2 Å². The first-order chi connectivity index (χ1) is 16.0. The number of sulfonamides is 1. The molecule has 0 bridgehead atoms. The van der Waals surface area contributed by atoms with Crippen molar-refractivity contribution in [1.29, 1.82) is 0 Å². The molecule has 2 aromatic rings. The van der Waals surface area contributed by atoms with Crippen molar-refractivity contribution in [3.8, 4) is 0 Å². The monoisotopic (exact) mass is 492 g/mol. The van der Waals surface area contributed by atoms with E-state index in [1.54, 1.807) is 14.0 Å². The van der Waals surface area contributed by atoms with Gasteiger partial charge in [0.1, 0.15) is 11.8 Å². The van der Waals surface area contributed by atoms with Gasteiger partial charge in [0.25, 0.3) is 5.91 Å². The van der Waals surface area contributed by atoms with Crippen molar-refractivity contribution < 1.29 is 27.3 Å². The molecule has 0 spiro atoms. The van der Waals surface area contributed by atoms with Crippen LogP contribution in [0.2, 0.25) is 0 Å². The molecule has 1 unspecified atom stereocenters. The number of amides is 2. The van der Waals surface area contributed by atoms with E-state index in [4.69, 9.17) is 9.26 Å². The number of likely N-dealkylation sites (N-methyl/N-ethyl adjacent to an activating group) is 1. The van der Waals surface area contributed by atoms with Gasteiger partial charge in [-0.1, -0.05) is 25.1 Å². The molecule has 1 aliphatic heterocycles. The quantitative estimate of drug-likeness (QED) is 0.595. The number of ether oxygens (including phenoxy) is 1. The van der Waals surface area contributed by atoms with Crippen molar-refractivity contribution >= 4 is 21.8 Å². The van der Waals surface area contributed by atoms with Gasteiger partial charge < -0.3 is 19.5 Å². The molecule has 0 radical (unpaired) electrons. The van der Waals surface area contributed by atoms with E-state index < -0.39 is 22.0 Å². The second-order valence-corrected chi connectivity index (χ2v) is 10.7. The molecular weight excluding hydrogens is 460 g/mol. The zero-order valence-electron chi connectivity index (χ0n) is 20.2. The molecule has 10 nitrogen and oxygen atoms in total. The third-order valence-electron chi connectivity index (χ3n) is 5.88. The zero-order valence-corrected chi connectivity index (χ0v) is 21.0. The van der Waals surface area contributed by atoms with Gasteiger partial charge >= 0.3 is 0 Å². The maximum absolute atomic E-state index is 13.2. The van der Waals surface area contributed by atoms with E-state index >= 15 is 0 Å². The Hall–Kier alpha value is -2.76. The number of nitrogens with zero attached hydrogens (tertiary/aromatic N) is 3. The number of morpholine rings is 1. The van der Waals surface area contributed by atoms with Crippen molar-refractivity contribution in [3.63, 3.8) is 0 Å². The third-order valence-corrected chi connectivity index (χ3v) is 7.77. The summed E-state index contributed by atoms with van der Waals surface area (Å²) in [4.78, 5) is 27.8. The van der Waals surface area contributed by atoms with Crippen LogP contribution in [0.5, 0.6) is 0 Å². The van der Waals surface area contributed by atoms with E-state index in [0.29, 0.717) is 31.2 Å². The summed E-state index contributed by atoms with van der Waals surface area (Å²) in [5.41, 5.74) is 1.70. The Kier molecular flexibility index (Phi) is 8.11. The second kappa shape index (κ2) is 10.7. The van der Waals surface area contributed by atoms with Gasteiger partial charge in [0.05, 0.1) is 30.3 Å². The molecule has 1 fully saturated rings. The molecule has 2 amide bonds. The molecule has 0 saturated carbocycles. The van der Waals surface area contributed by atoms with Crippen LogP contribution in [0.4, 0.5) is 0 Å². The molecule has 1 saturated heterocycles. The molecule has 11 heteroatoms. The molecular formula is C23H32N4O6S. The van der Waals surface area contributed by atoms with Gasteiger partial charge in [-0.2, -0.15) is 4.31 Å². The lowest BCUT2D eigenvalue weighted by Crippen LogP contribution is -2.50. The summed E-state index contributed by atoms with van der Waals surface area (Å²) in [6.45, 7) is 8.76. The molecule has 3 rings (SSSR count). The van der Waals surface area contributed by atoms with E-state index in [0.717, 1.165) is 5.56 Å². The summed E-state index contributed by atoms with van der Waals surface area (Å²) < 4.78 is 37.7. The van der Waals surface area contributed by atoms with Crippen LogP contribution in [-0.2, 0) is 26.1 Å². The Morgan fingerprint density at radius 1 is 1.21 bits per heavy atom. The lowest BCUT2D eigenvalue weighted by atomic mass is 10.0. The van der Waals surface area contributed by atoms with Crippen LogP contribution in [0.3, 0.4) is 0 Å². The molecule has 1 aromatic carbocycles. The molecule has 1 N–H and O–H groups in total. The highest BCUT2D eigenvalue weighted by molar-refractivity contribution is 7.89. The van der Waals surface area contributed by atoms with Crippen molar-refractivity contribution in [1.82, 2.24) is 19.7 Å². The fraction of sp³-hybridized carbons (Fsp3) is 0.522. The number of aromatic nitrogens is 1. The van der Waals surface area contributed by atoms with Crippen LogP contribution in [0, 0.1) is 19.8 Å². The maximum Gasteiger partial charge on any atom is 0.251 e. The number of hydrogen-bond acceptors (Lipinski definition) is 7. The highest BCUT2D eigenvalue weighted by Gasteiger charge is 2.30. The molecule has 1 atom stereocenters. The number of carbonyl (C=O) groups excluding carboxylic acids is 2. The number of aryl methyl sites for hydroxylation is 2. The minimum atomic E-state index is -3.75. The normalized spacial score (nSPS) is 15.8. The lowest BCUT2D eigenvalue weighted by Gasteiger charge is -2.27. The first kappa shape index (κ1) is 25.9. The Balaban J connectivity index is 1.75. The van der Waals surface area contributed by atoms with Crippen molar-refractivity contribution in [2.75, 3.05) is 33.4 Å². The minimum absolute atomic E-state index is 0.0324. The number of nitrogens with one attached hydrogen (secondary N) is 1. The summed E-state index contributed by atoms with van der Waals surface area (Å²) in [5, 5.41) is 6.70. The van der Waals surface area contributed by atoms with E-state index in [9.17, 15) is 18.0 Å². The van der Waals surface area contributed by atoms with Gasteiger partial charge in [0.15, 0.2) is 0 Å². The topological polar surface area (TPSA) is 122 Å². The summed E-state index contributed by atoms with van der Waals surface area (Å²) in [7, 11) is -2.09. The standard InChI is InChI=1S/C23H32N4O6S/c1-15(2)21(23(29)26(5)14-20-16(3)25-33-17(20)4)24-22(28)18-7-6-8-19(13-18)34(30,31)27-9-11-32-12-10-27/h6-8,13,15,21H,9-12,14H2,1-5H3,(H,24,28). The number of hydrogen-bond donors (Lipinski definition) is 1. The highest BCUT2D eigenvalue weighted by atomic mass is 32.2. The maximum atomic E-state index is 13.2. The molecule has 186 valence electrons. The van der Waals surface area contributed by atoms with E-state index in [1.807, 2.05) is 20.8 Å². The fourth-order valence-electron chi connectivity index (χ4n) is 3.75.